The van der Waals surface area contributed by atoms with Crippen molar-refractivity contribution in [1.29, 1.82) is 0 Å². The molecule has 1 N–H and O–H groups in total. The van der Waals surface area contributed by atoms with E-state index >= 15 is 0 Å². The first-order valence-corrected chi connectivity index (χ1v) is 12.7. The van der Waals surface area contributed by atoms with Gasteiger partial charge >= 0.3 is 0 Å². The molecule has 1 rings (SSSR count). The van der Waals surface area contributed by atoms with Gasteiger partial charge in [-0.3, -0.25) is 0 Å². The molecule has 0 aliphatic heterocycles. The molecule has 0 saturated heterocycles. The molecule has 120 valence electrons. The van der Waals surface area contributed by atoms with E-state index in [0.717, 1.165) is 17.8 Å². The molecule has 1 fully saturated rings. The van der Waals surface area contributed by atoms with E-state index in [1.54, 1.807) is 0 Å². The van der Waals surface area contributed by atoms with Crippen LogP contribution in [0.4, 0.5) is 0 Å². The Morgan fingerprint density at radius 1 is 1.25 bits per heavy atom. The topological polar surface area (TPSA) is 20.2 Å². The smallest absolute Gasteiger partial charge is 0.188 e. The van der Waals surface area contributed by atoms with Crippen LogP contribution in [-0.2, 0) is 0 Å². The molecule has 0 radical (unpaired) electrons. The second kappa shape index (κ2) is 6.57. The molecule has 1 aliphatic carbocycles. The maximum atomic E-state index is 10.4. The lowest BCUT2D eigenvalue weighted by Crippen LogP contribution is -2.39. The third-order valence-corrected chi connectivity index (χ3v) is 11.4. The van der Waals surface area contributed by atoms with E-state index in [1.807, 2.05) is 0 Å². The van der Waals surface area contributed by atoms with E-state index < -0.39 is 8.32 Å². The highest BCUT2D eigenvalue weighted by molar-refractivity contribution is 14.1. The summed E-state index contributed by atoms with van der Waals surface area (Å²) in [5, 5.41) is 0.158. The first kappa shape index (κ1) is 19.0. The van der Waals surface area contributed by atoms with E-state index in [1.165, 1.54) is 30.1 Å². The zero-order valence-electron chi connectivity index (χ0n) is 14.6. The van der Waals surface area contributed by atoms with E-state index in [-0.39, 0.29) is 5.04 Å². The van der Waals surface area contributed by atoms with Crippen LogP contribution in [0.3, 0.4) is 0 Å². The van der Waals surface area contributed by atoms with Crippen LogP contribution in [0.2, 0.25) is 18.1 Å². The van der Waals surface area contributed by atoms with Crippen molar-refractivity contribution < 1.29 is 4.80 Å². The Labute approximate surface area is 141 Å². The number of halogens is 1. The van der Waals surface area contributed by atoms with Crippen molar-refractivity contribution in [2.24, 2.45) is 23.2 Å². The molecule has 0 heterocycles. The molecule has 3 atom stereocenters. The third kappa shape index (κ3) is 5.27. The summed E-state index contributed by atoms with van der Waals surface area (Å²) in [5.41, 5.74) is 0.492. The molecule has 0 aromatic rings. The summed E-state index contributed by atoms with van der Waals surface area (Å²) in [4.78, 5) is 10.4. The van der Waals surface area contributed by atoms with Gasteiger partial charge in [-0.25, -0.2) is 0 Å². The summed E-state index contributed by atoms with van der Waals surface area (Å²) < 4.78 is 1.25. The van der Waals surface area contributed by atoms with Gasteiger partial charge in [0.2, 0.25) is 0 Å². The standard InChI is InChI=1S/C17H35IOSi/c1-13(11-16(2,3)12-18)15-10-14(15)8-9-17(4,5)20(6,7)19/h13-15,19H,8-12H2,1-7H3. The molecule has 0 bridgehead atoms. The van der Waals surface area contributed by atoms with Crippen molar-refractivity contribution in [2.45, 2.75) is 78.4 Å². The van der Waals surface area contributed by atoms with E-state index in [0.29, 0.717) is 5.41 Å². The molecule has 0 spiro atoms. The van der Waals surface area contributed by atoms with Crippen LogP contribution in [0.5, 0.6) is 0 Å². The van der Waals surface area contributed by atoms with Gasteiger partial charge in [-0.2, -0.15) is 0 Å². The van der Waals surface area contributed by atoms with Crippen molar-refractivity contribution >= 4 is 30.9 Å². The van der Waals surface area contributed by atoms with E-state index in [4.69, 9.17) is 0 Å². The van der Waals surface area contributed by atoms with Gasteiger partial charge in [0.15, 0.2) is 8.32 Å². The SMILES string of the molecule is CC(CC(C)(C)CI)C1CC1CCC(C)(C)[Si](C)(C)O. The molecule has 20 heavy (non-hydrogen) atoms. The number of rotatable bonds is 8. The zero-order chi connectivity index (χ0) is 15.8. The Balaban J connectivity index is 2.37. The van der Waals surface area contributed by atoms with Crippen LogP contribution in [-0.4, -0.2) is 17.5 Å². The predicted molar refractivity (Wildman–Crippen MR) is 101 cm³/mol. The van der Waals surface area contributed by atoms with Gasteiger partial charge in [-0.15, -0.1) is 0 Å². The second-order valence-electron chi connectivity index (χ2n) is 9.12. The normalized spacial score (nSPS) is 25.6. The van der Waals surface area contributed by atoms with Gasteiger partial charge in [-0.1, -0.05) is 57.2 Å². The highest BCUT2D eigenvalue weighted by atomic mass is 127. The molecule has 1 aliphatic rings. The van der Waals surface area contributed by atoms with Crippen molar-refractivity contribution in [2.75, 3.05) is 4.43 Å². The molecule has 0 amide bonds. The van der Waals surface area contributed by atoms with Gasteiger partial charge in [0.05, 0.1) is 0 Å². The van der Waals surface area contributed by atoms with Crippen molar-refractivity contribution in [3.05, 3.63) is 0 Å². The highest BCUT2D eigenvalue weighted by Crippen LogP contribution is 2.53. The molecule has 0 aromatic heterocycles. The third-order valence-electron chi connectivity index (χ3n) is 5.74. The Kier molecular flexibility index (Phi) is 6.23. The van der Waals surface area contributed by atoms with Crippen LogP contribution in [0, 0.1) is 23.2 Å². The van der Waals surface area contributed by atoms with Gasteiger partial charge < -0.3 is 4.80 Å². The van der Waals surface area contributed by atoms with Crippen LogP contribution in [0.1, 0.15) is 60.3 Å². The summed E-state index contributed by atoms with van der Waals surface area (Å²) in [6.07, 6.45) is 5.32. The minimum absolute atomic E-state index is 0.158. The summed E-state index contributed by atoms with van der Waals surface area (Å²) in [7, 11) is -2.02. The van der Waals surface area contributed by atoms with Gasteiger partial charge in [0.25, 0.3) is 0 Å². The summed E-state index contributed by atoms with van der Waals surface area (Å²) in [6.45, 7) is 15.9. The Morgan fingerprint density at radius 2 is 1.80 bits per heavy atom. The van der Waals surface area contributed by atoms with Gasteiger partial charge in [0, 0.05) is 4.43 Å². The maximum absolute atomic E-state index is 10.4. The van der Waals surface area contributed by atoms with E-state index in [2.05, 4.69) is 70.3 Å². The molecule has 0 aromatic carbocycles. The fraction of sp³-hybridized carbons (Fsp3) is 1.00. The van der Waals surface area contributed by atoms with Crippen molar-refractivity contribution in [1.82, 2.24) is 0 Å². The average molecular weight is 410 g/mol. The number of alkyl halides is 1. The van der Waals surface area contributed by atoms with Gasteiger partial charge in [0.1, 0.15) is 0 Å². The average Bonchev–Trinajstić information content (AvgIpc) is 3.04. The summed E-state index contributed by atoms with van der Waals surface area (Å²) >= 11 is 2.53. The molecular formula is C17H35IOSi. The first-order chi connectivity index (χ1) is 8.89. The zero-order valence-corrected chi connectivity index (χ0v) is 17.8. The van der Waals surface area contributed by atoms with Crippen molar-refractivity contribution in [3.63, 3.8) is 0 Å². The summed E-state index contributed by atoms with van der Waals surface area (Å²) in [5.74, 6) is 2.76. The molecule has 1 saturated carbocycles. The second-order valence-corrected chi connectivity index (χ2v) is 14.4. The van der Waals surface area contributed by atoms with Crippen LogP contribution in [0.15, 0.2) is 0 Å². The fourth-order valence-electron chi connectivity index (χ4n) is 3.23. The lowest BCUT2D eigenvalue weighted by atomic mass is 9.82. The maximum Gasteiger partial charge on any atom is 0.188 e. The Bertz CT molecular complexity index is 319. The van der Waals surface area contributed by atoms with Crippen LogP contribution in [0.25, 0.3) is 0 Å². The molecular weight excluding hydrogens is 375 g/mol. The fourth-order valence-corrected chi connectivity index (χ4v) is 4.30. The minimum atomic E-state index is -2.02. The lowest BCUT2D eigenvalue weighted by molar-refractivity contribution is 0.285. The molecule has 3 heteroatoms. The predicted octanol–water partition coefficient (Wildman–Crippen LogP) is 5.87. The number of hydrogen-bond donors (Lipinski definition) is 1. The van der Waals surface area contributed by atoms with Crippen LogP contribution < -0.4 is 0 Å². The van der Waals surface area contributed by atoms with Crippen LogP contribution >= 0.6 is 22.6 Å². The monoisotopic (exact) mass is 410 g/mol. The van der Waals surface area contributed by atoms with Crippen molar-refractivity contribution in [3.8, 4) is 0 Å². The first-order valence-electron chi connectivity index (χ1n) is 8.18. The quantitative estimate of drug-likeness (QED) is 0.302. The summed E-state index contributed by atoms with van der Waals surface area (Å²) in [6, 6.07) is 0. The molecule has 1 nitrogen and oxygen atoms in total. The van der Waals surface area contributed by atoms with Gasteiger partial charge in [-0.05, 0) is 67.0 Å². The number of hydrogen-bond acceptors (Lipinski definition) is 1. The lowest BCUT2D eigenvalue weighted by Gasteiger charge is -2.35. The highest BCUT2D eigenvalue weighted by Gasteiger charge is 2.44. The Hall–Kier alpha value is 0.907. The minimum Gasteiger partial charge on any atom is -0.432 e. The molecule has 3 unspecified atom stereocenters. The Morgan fingerprint density at radius 3 is 2.25 bits per heavy atom. The van der Waals surface area contributed by atoms with E-state index in [9.17, 15) is 4.80 Å². The largest absolute Gasteiger partial charge is 0.432 e.